The molecule has 0 aliphatic rings. The van der Waals surface area contributed by atoms with Crippen LogP contribution in [0.1, 0.15) is 21.5 Å². The van der Waals surface area contributed by atoms with E-state index in [0.717, 1.165) is 16.8 Å². The summed E-state index contributed by atoms with van der Waals surface area (Å²) in [6.07, 6.45) is 7.08. The van der Waals surface area contributed by atoms with Crippen molar-refractivity contribution in [2.45, 2.75) is 0 Å². The van der Waals surface area contributed by atoms with Gasteiger partial charge in [-0.1, -0.05) is 24.3 Å². The molecule has 0 atom stereocenters. The van der Waals surface area contributed by atoms with E-state index < -0.39 is 0 Å². The molecule has 0 saturated carbocycles. The van der Waals surface area contributed by atoms with Crippen LogP contribution in [0.25, 0.3) is 12.2 Å². The van der Waals surface area contributed by atoms with Crippen molar-refractivity contribution in [1.29, 1.82) is 0 Å². The fraction of sp³-hybridized carbons (Fsp3) is 0.148. The number of carbonyl (C=O) groups is 1. The Labute approximate surface area is 194 Å². The monoisotopic (exact) mass is 445 g/mol. The highest BCUT2D eigenvalue weighted by Crippen LogP contribution is 2.38. The molecule has 0 aromatic heterocycles. The number of allylic oxidation sites excluding steroid dienone is 1. The van der Waals surface area contributed by atoms with Crippen LogP contribution in [-0.4, -0.2) is 34.2 Å². The number of nitrogens with one attached hydrogen (secondary N) is 1. The van der Waals surface area contributed by atoms with Gasteiger partial charge < -0.3 is 24.3 Å². The summed E-state index contributed by atoms with van der Waals surface area (Å²) in [5, 5.41) is 3.14. The Kier molecular flexibility index (Phi) is 8.13. The fourth-order valence-corrected chi connectivity index (χ4v) is 3.19. The van der Waals surface area contributed by atoms with Crippen LogP contribution < -0.4 is 24.3 Å². The summed E-state index contributed by atoms with van der Waals surface area (Å²) in [6, 6.07) is 18.6. The standard InChI is InChI=1S/C27H27NO5/c1-30-23-12-10-21(11-13-23)24(29)14-15-28-22-7-5-6-19(16-22)8-9-20-17-25(31-2)27(33-4)26(18-20)32-3/h5-18,28H,1-4H3/b9-8?,15-14-. The minimum atomic E-state index is -0.0939. The van der Waals surface area contributed by atoms with Gasteiger partial charge in [0.25, 0.3) is 0 Å². The number of anilines is 1. The van der Waals surface area contributed by atoms with Gasteiger partial charge in [-0.25, -0.2) is 0 Å². The molecule has 0 bridgehead atoms. The second-order valence-corrected chi connectivity index (χ2v) is 6.99. The first kappa shape index (κ1) is 23.5. The molecule has 170 valence electrons. The first-order valence-electron chi connectivity index (χ1n) is 10.3. The molecule has 0 unspecified atom stereocenters. The molecule has 0 fully saturated rings. The van der Waals surface area contributed by atoms with Crippen molar-refractivity contribution in [2.24, 2.45) is 0 Å². The maximum absolute atomic E-state index is 12.3. The summed E-state index contributed by atoms with van der Waals surface area (Å²) in [5.41, 5.74) is 3.35. The molecule has 0 aliphatic heterocycles. The Balaban J connectivity index is 1.69. The lowest BCUT2D eigenvalue weighted by Crippen LogP contribution is -1.96. The van der Waals surface area contributed by atoms with Crippen molar-refractivity contribution in [3.63, 3.8) is 0 Å². The second kappa shape index (κ2) is 11.4. The average molecular weight is 446 g/mol. The van der Waals surface area contributed by atoms with Gasteiger partial charge in [0, 0.05) is 23.5 Å². The zero-order valence-corrected chi connectivity index (χ0v) is 19.1. The first-order valence-corrected chi connectivity index (χ1v) is 10.3. The number of rotatable bonds is 10. The van der Waals surface area contributed by atoms with Crippen molar-refractivity contribution in [3.05, 3.63) is 89.6 Å². The summed E-state index contributed by atoms with van der Waals surface area (Å²) in [4.78, 5) is 12.3. The minimum Gasteiger partial charge on any atom is -0.497 e. The van der Waals surface area contributed by atoms with Gasteiger partial charge in [0.1, 0.15) is 5.75 Å². The molecule has 0 spiro atoms. The molecule has 3 aromatic rings. The molecule has 3 aromatic carbocycles. The molecule has 0 amide bonds. The van der Waals surface area contributed by atoms with E-state index >= 15 is 0 Å². The molecule has 0 saturated heterocycles. The van der Waals surface area contributed by atoms with E-state index in [-0.39, 0.29) is 5.78 Å². The topological polar surface area (TPSA) is 66.0 Å². The zero-order chi connectivity index (χ0) is 23.6. The van der Waals surface area contributed by atoms with Crippen LogP contribution in [0.2, 0.25) is 0 Å². The largest absolute Gasteiger partial charge is 0.497 e. The smallest absolute Gasteiger partial charge is 0.203 e. The Hall–Kier alpha value is -4.19. The van der Waals surface area contributed by atoms with E-state index in [1.807, 2.05) is 48.6 Å². The molecule has 1 N–H and O–H groups in total. The molecule has 0 aliphatic carbocycles. The third-order valence-electron chi connectivity index (χ3n) is 4.90. The molecule has 6 heteroatoms. The zero-order valence-electron chi connectivity index (χ0n) is 19.1. The highest BCUT2D eigenvalue weighted by molar-refractivity contribution is 6.04. The number of methoxy groups -OCH3 is 4. The van der Waals surface area contributed by atoms with Crippen LogP contribution in [0.15, 0.2) is 72.9 Å². The maximum Gasteiger partial charge on any atom is 0.203 e. The highest BCUT2D eigenvalue weighted by Gasteiger charge is 2.12. The Morgan fingerprint density at radius 2 is 1.42 bits per heavy atom. The normalized spacial score (nSPS) is 10.9. The van der Waals surface area contributed by atoms with Gasteiger partial charge in [-0.15, -0.1) is 0 Å². The predicted molar refractivity (Wildman–Crippen MR) is 132 cm³/mol. The van der Waals surface area contributed by atoms with Crippen molar-refractivity contribution >= 4 is 23.6 Å². The summed E-state index contributed by atoms with van der Waals surface area (Å²) in [6.45, 7) is 0. The Bertz CT molecular complexity index is 1120. The van der Waals surface area contributed by atoms with Crippen LogP contribution in [0, 0.1) is 0 Å². The summed E-state index contributed by atoms with van der Waals surface area (Å²) >= 11 is 0. The lowest BCUT2D eigenvalue weighted by atomic mass is 10.1. The van der Waals surface area contributed by atoms with Crippen molar-refractivity contribution in [3.8, 4) is 23.0 Å². The van der Waals surface area contributed by atoms with E-state index in [1.54, 1.807) is 58.9 Å². The van der Waals surface area contributed by atoms with E-state index in [4.69, 9.17) is 18.9 Å². The number of ether oxygens (including phenoxy) is 4. The van der Waals surface area contributed by atoms with Gasteiger partial charge >= 0.3 is 0 Å². The molecule has 0 radical (unpaired) electrons. The SMILES string of the molecule is COc1ccc(C(=O)/C=C\Nc2cccc(C=Cc3cc(OC)c(OC)c(OC)c3)c2)cc1. The minimum absolute atomic E-state index is 0.0939. The molecule has 33 heavy (non-hydrogen) atoms. The second-order valence-electron chi connectivity index (χ2n) is 6.99. The lowest BCUT2D eigenvalue weighted by Gasteiger charge is -2.12. The number of hydrogen-bond donors (Lipinski definition) is 1. The van der Waals surface area contributed by atoms with Gasteiger partial charge in [0.15, 0.2) is 17.3 Å². The summed E-state index contributed by atoms with van der Waals surface area (Å²) in [7, 11) is 6.35. The van der Waals surface area contributed by atoms with Crippen molar-refractivity contribution in [2.75, 3.05) is 33.8 Å². The van der Waals surface area contributed by atoms with E-state index in [9.17, 15) is 4.79 Å². The average Bonchev–Trinajstić information content (AvgIpc) is 2.86. The molecule has 6 nitrogen and oxygen atoms in total. The van der Waals surface area contributed by atoms with E-state index in [0.29, 0.717) is 28.6 Å². The van der Waals surface area contributed by atoms with Gasteiger partial charge in [-0.2, -0.15) is 0 Å². The Morgan fingerprint density at radius 1 is 0.758 bits per heavy atom. The van der Waals surface area contributed by atoms with Crippen LogP contribution in [0.5, 0.6) is 23.0 Å². The Morgan fingerprint density at radius 3 is 2.03 bits per heavy atom. The molecular formula is C27H27NO5. The van der Waals surface area contributed by atoms with Gasteiger partial charge in [-0.05, 0) is 59.7 Å². The van der Waals surface area contributed by atoms with Crippen molar-refractivity contribution in [1.82, 2.24) is 0 Å². The lowest BCUT2D eigenvalue weighted by molar-refractivity contribution is 0.104. The number of hydrogen-bond acceptors (Lipinski definition) is 6. The molecule has 3 rings (SSSR count). The fourth-order valence-electron chi connectivity index (χ4n) is 3.19. The van der Waals surface area contributed by atoms with E-state index in [1.165, 1.54) is 6.08 Å². The summed E-state index contributed by atoms with van der Waals surface area (Å²) < 4.78 is 21.3. The van der Waals surface area contributed by atoms with Crippen LogP contribution in [0.3, 0.4) is 0 Å². The van der Waals surface area contributed by atoms with E-state index in [2.05, 4.69) is 5.32 Å². The van der Waals surface area contributed by atoms with Crippen LogP contribution in [-0.2, 0) is 0 Å². The number of carbonyl (C=O) groups excluding carboxylic acids is 1. The summed E-state index contributed by atoms with van der Waals surface area (Å²) in [5.74, 6) is 2.37. The van der Waals surface area contributed by atoms with Crippen LogP contribution >= 0.6 is 0 Å². The highest BCUT2D eigenvalue weighted by atomic mass is 16.5. The number of ketones is 1. The quantitative estimate of drug-likeness (QED) is 0.245. The maximum atomic E-state index is 12.3. The molecular weight excluding hydrogens is 418 g/mol. The van der Waals surface area contributed by atoms with Crippen molar-refractivity contribution < 1.29 is 23.7 Å². The molecule has 0 heterocycles. The third-order valence-corrected chi connectivity index (χ3v) is 4.90. The predicted octanol–water partition coefficient (Wildman–Crippen LogP) is 5.70. The van der Waals surface area contributed by atoms with Gasteiger partial charge in [-0.3, -0.25) is 4.79 Å². The van der Waals surface area contributed by atoms with Crippen LogP contribution in [0.4, 0.5) is 5.69 Å². The third kappa shape index (κ3) is 6.17. The number of benzene rings is 3. The van der Waals surface area contributed by atoms with Gasteiger partial charge in [0.05, 0.1) is 28.4 Å². The van der Waals surface area contributed by atoms with Gasteiger partial charge in [0.2, 0.25) is 5.75 Å². The first-order chi connectivity index (χ1) is 16.1.